The van der Waals surface area contributed by atoms with Gasteiger partial charge in [0.25, 0.3) is 5.91 Å². The number of carbonyl (C=O) groups is 2. The summed E-state index contributed by atoms with van der Waals surface area (Å²) in [5.41, 5.74) is 1.40. The number of anilines is 1. The number of likely N-dealkylation sites (N-methyl/N-ethyl adjacent to an activating group) is 1. The molecule has 0 unspecified atom stereocenters. The quantitative estimate of drug-likeness (QED) is 0.655. The van der Waals surface area contributed by atoms with Gasteiger partial charge in [-0.3, -0.25) is 9.59 Å². The SMILES string of the molecule is COc1ccc(NC(=O)[C@@H](c2ccccc2)N(C)C(=O)Cc2cccs2)cc1. The largest absolute Gasteiger partial charge is 0.497 e. The summed E-state index contributed by atoms with van der Waals surface area (Å²) in [7, 11) is 3.26. The summed E-state index contributed by atoms with van der Waals surface area (Å²) in [6.45, 7) is 0. The molecule has 0 radical (unpaired) electrons. The van der Waals surface area contributed by atoms with Crippen molar-refractivity contribution >= 4 is 28.8 Å². The van der Waals surface area contributed by atoms with Crippen molar-refractivity contribution in [1.82, 2.24) is 4.90 Å². The van der Waals surface area contributed by atoms with E-state index >= 15 is 0 Å². The van der Waals surface area contributed by atoms with Crippen LogP contribution in [0.5, 0.6) is 5.75 Å². The molecule has 0 saturated heterocycles. The van der Waals surface area contributed by atoms with Crippen LogP contribution in [0.4, 0.5) is 5.69 Å². The highest BCUT2D eigenvalue weighted by molar-refractivity contribution is 7.10. The molecule has 0 spiro atoms. The second kappa shape index (κ2) is 9.19. The Morgan fingerprint density at radius 3 is 2.36 bits per heavy atom. The molecule has 2 amide bonds. The summed E-state index contributed by atoms with van der Waals surface area (Å²) < 4.78 is 5.15. The van der Waals surface area contributed by atoms with E-state index < -0.39 is 6.04 Å². The Hall–Kier alpha value is -3.12. The van der Waals surface area contributed by atoms with Crippen molar-refractivity contribution in [2.24, 2.45) is 0 Å². The number of methoxy groups -OCH3 is 1. The van der Waals surface area contributed by atoms with Gasteiger partial charge in [-0.2, -0.15) is 0 Å². The first-order valence-corrected chi connectivity index (χ1v) is 9.74. The lowest BCUT2D eigenvalue weighted by atomic mass is 10.0. The average Bonchev–Trinajstić information content (AvgIpc) is 3.22. The number of nitrogens with zero attached hydrogens (tertiary/aromatic N) is 1. The van der Waals surface area contributed by atoms with Gasteiger partial charge in [-0.05, 0) is 41.3 Å². The summed E-state index contributed by atoms with van der Waals surface area (Å²) in [5, 5.41) is 4.84. The first kappa shape index (κ1) is 19.6. The molecule has 144 valence electrons. The Labute approximate surface area is 168 Å². The van der Waals surface area contributed by atoms with Crippen LogP contribution in [-0.4, -0.2) is 30.9 Å². The summed E-state index contributed by atoms with van der Waals surface area (Å²) in [5.74, 6) is 0.334. The van der Waals surface area contributed by atoms with E-state index in [1.165, 1.54) is 16.2 Å². The third-order valence-electron chi connectivity index (χ3n) is 4.41. The molecule has 3 aromatic rings. The van der Waals surface area contributed by atoms with Gasteiger partial charge in [-0.25, -0.2) is 0 Å². The lowest BCUT2D eigenvalue weighted by Crippen LogP contribution is -2.39. The lowest BCUT2D eigenvalue weighted by Gasteiger charge is -2.28. The molecule has 1 N–H and O–H groups in total. The fraction of sp³-hybridized carbons (Fsp3) is 0.182. The van der Waals surface area contributed by atoms with Crippen molar-refractivity contribution in [2.45, 2.75) is 12.5 Å². The molecular formula is C22H22N2O3S. The van der Waals surface area contributed by atoms with Crippen molar-refractivity contribution in [3.05, 3.63) is 82.6 Å². The molecule has 0 aliphatic rings. The Kier molecular flexibility index (Phi) is 6.45. The van der Waals surface area contributed by atoms with Crippen molar-refractivity contribution in [3.8, 4) is 5.75 Å². The van der Waals surface area contributed by atoms with Gasteiger partial charge in [-0.1, -0.05) is 36.4 Å². The maximum absolute atomic E-state index is 13.1. The summed E-state index contributed by atoms with van der Waals surface area (Å²) in [6.07, 6.45) is 0.271. The molecule has 2 aromatic carbocycles. The smallest absolute Gasteiger partial charge is 0.251 e. The topological polar surface area (TPSA) is 58.6 Å². The highest BCUT2D eigenvalue weighted by atomic mass is 32.1. The number of carbonyl (C=O) groups excluding carboxylic acids is 2. The molecule has 0 saturated carbocycles. The van der Waals surface area contributed by atoms with E-state index in [1.54, 1.807) is 38.4 Å². The Morgan fingerprint density at radius 1 is 1.04 bits per heavy atom. The van der Waals surface area contributed by atoms with Crippen LogP contribution < -0.4 is 10.1 Å². The zero-order chi connectivity index (χ0) is 19.9. The minimum atomic E-state index is -0.726. The summed E-state index contributed by atoms with van der Waals surface area (Å²) in [4.78, 5) is 28.4. The van der Waals surface area contributed by atoms with Crippen LogP contribution in [0.2, 0.25) is 0 Å². The monoisotopic (exact) mass is 394 g/mol. The fourth-order valence-corrected chi connectivity index (χ4v) is 3.60. The van der Waals surface area contributed by atoms with Crippen LogP contribution >= 0.6 is 11.3 Å². The predicted molar refractivity (Wildman–Crippen MR) is 112 cm³/mol. The van der Waals surface area contributed by atoms with Gasteiger partial charge in [0, 0.05) is 17.6 Å². The van der Waals surface area contributed by atoms with Gasteiger partial charge in [-0.15, -0.1) is 11.3 Å². The Bertz CT molecular complexity index is 909. The van der Waals surface area contributed by atoms with Gasteiger partial charge >= 0.3 is 0 Å². The van der Waals surface area contributed by atoms with Crippen molar-refractivity contribution in [3.63, 3.8) is 0 Å². The van der Waals surface area contributed by atoms with Gasteiger partial charge < -0.3 is 15.0 Å². The van der Waals surface area contributed by atoms with E-state index in [-0.39, 0.29) is 18.2 Å². The Morgan fingerprint density at radius 2 is 1.75 bits per heavy atom. The zero-order valence-corrected chi connectivity index (χ0v) is 16.6. The van der Waals surface area contributed by atoms with Crippen molar-refractivity contribution in [2.75, 3.05) is 19.5 Å². The van der Waals surface area contributed by atoms with Gasteiger partial charge in [0.1, 0.15) is 11.8 Å². The van der Waals surface area contributed by atoms with Crippen molar-refractivity contribution < 1.29 is 14.3 Å². The second-order valence-corrected chi connectivity index (χ2v) is 7.32. The zero-order valence-electron chi connectivity index (χ0n) is 15.8. The predicted octanol–water partition coefficient (Wildman–Crippen LogP) is 4.14. The van der Waals surface area contributed by atoms with Crippen LogP contribution in [0, 0.1) is 0 Å². The highest BCUT2D eigenvalue weighted by Gasteiger charge is 2.28. The molecule has 1 atom stereocenters. The van der Waals surface area contributed by atoms with Crippen LogP contribution in [0.15, 0.2) is 72.1 Å². The molecule has 6 heteroatoms. The molecule has 0 fully saturated rings. The maximum atomic E-state index is 13.1. The van der Waals surface area contributed by atoms with E-state index in [2.05, 4.69) is 5.32 Å². The third kappa shape index (κ3) is 4.78. The van der Waals surface area contributed by atoms with Crippen LogP contribution in [-0.2, 0) is 16.0 Å². The average molecular weight is 394 g/mol. The third-order valence-corrected chi connectivity index (χ3v) is 5.28. The van der Waals surface area contributed by atoms with Crippen LogP contribution in [0.3, 0.4) is 0 Å². The fourth-order valence-electron chi connectivity index (χ4n) is 2.90. The number of nitrogens with one attached hydrogen (secondary N) is 1. The number of amides is 2. The molecule has 5 nitrogen and oxygen atoms in total. The summed E-state index contributed by atoms with van der Waals surface area (Å²) in [6, 6.07) is 19.5. The van der Waals surface area contributed by atoms with Gasteiger partial charge in [0.05, 0.1) is 13.5 Å². The van der Waals surface area contributed by atoms with E-state index in [4.69, 9.17) is 4.74 Å². The number of benzene rings is 2. The van der Waals surface area contributed by atoms with E-state index in [0.29, 0.717) is 11.4 Å². The number of hydrogen-bond donors (Lipinski definition) is 1. The number of ether oxygens (including phenoxy) is 1. The molecule has 1 heterocycles. The van der Waals surface area contributed by atoms with Crippen LogP contribution in [0.25, 0.3) is 0 Å². The molecule has 28 heavy (non-hydrogen) atoms. The molecule has 3 rings (SSSR count). The highest BCUT2D eigenvalue weighted by Crippen LogP contribution is 2.24. The van der Waals surface area contributed by atoms with E-state index in [1.807, 2.05) is 47.8 Å². The standard InChI is InChI=1S/C22H22N2O3S/c1-24(20(25)15-19-9-6-14-28-19)21(16-7-4-3-5-8-16)22(26)23-17-10-12-18(27-2)13-11-17/h3-14,21H,15H2,1-2H3,(H,23,26)/t21-/m1/s1. The van der Waals surface area contributed by atoms with Gasteiger partial charge in [0.2, 0.25) is 5.91 Å². The minimum absolute atomic E-state index is 0.110. The molecule has 0 aliphatic carbocycles. The minimum Gasteiger partial charge on any atom is -0.497 e. The first-order valence-electron chi connectivity index (χ1n) is 8.86. The first-order chi connectivity index (χ1) is 13.6. The number of hydrogen-bond acceptors (Lipinski definition) is 4. The molecule has 1 aromatic heterocycles. The van der Waals surface area contributed by atoms with Gasteiger partial charge in [0.15, 0.2) is 0 Å². The summed E-state index contributed by atoms with van der Waals surface area (Å²) >= 11 is 1.53. The Balaban J connectivity index is 1.81. The number of thiophene rings is 1. The van der Waals surface area contributed by atoms with Crippen LogP contribution in [0.1, 0.15) is 16.5 Å². The van der Waals surface area contributed by atoms with Crippen molar-refractivity contribution in [1.29, 1.82) is 0 Å². The van der Waals surface area contributed by atoms with E-state index in [9.17, 15) is 9.59 Å². The normalized spacial score (nSPS) is 11.5. The molecule has 0 aliphatic heterocycles. The maximum Gasteiger partial charge on any atom is 0.251 e. The lowest BCUT2D eigenvalue weighted by molar-refractivity contribution is -0.136. The van der Waals surface area contributed by atoms with E-state index in [0.717, 1.165) is 10.4 Å². The molecular weight excluding hydrogens is 372 g/mol. The number of rotatable bonds is 7. The molecule has 0 bridgehead atoms. The second-order valence-electron chi connectivity index (χ2n) is 6.29.